The molecular formula is C19H20FN5O. The van der Waals surface area contributed by atoms with Gasteiger partial charge in [-0.25, -0.2) is 9.37 Å². The summed E-state index contributed by atoms with van der Waals surface area (Å²) in [6, 6.07) is 10.1. The van der Waals surface area contributed by atoms with Crippen LogP contribution < -0.4 is 10.6 Å². The first-order valence-corrected chi connectivity index (χ1v) is 8.26. The van der Waals surface area contributed by atoms with Crippen LogP contribution in [0.4, 0.5) is 21.8 Å². The van der Waals surface area contributed by atoms with Crippen molar-refractivity contribution in [3.05, 3.63) is 60.2 Å². The SMILES string of the molecule is Cc1c(F)cccc1Nc1cc(-c2cccnc2)nc(N[C@@H](C)CO)n1. The molecule has 7 heteroatoms. The van der Waals surface area contributed by atoms with Crippen LogP contribution in [0.3, 0.4) is 0 Å². The fourth-order valence-electron chi connectivity index (χ4n) is 2.38. The van der Waals surface area contributed by atoms with Gasteiger partial charge in [0.25, 0.3) is 0 Å². The average Bonchev–Trinajstić information content (AvgIpc) is 2.66. The summed E-state index contributed by atoms with van der Waals surface area (Å²) in [4.78, 5) is 13.0. The number of benzene rings is 1. The minimum absolute atomic E-state index is 0.0494. The number of nitrogens with one attached hydrogen (secondary N) is 2. The molecule has 2 aromatic heterocycles. The summed E-state index contributed by atoms with van der Waals surface area (Å²) in [7, 11) is 0. The first kappa shape index (κ1) is 17.8. The van der Waals surface area contributed by atoms with Crippen LogP contribution in [0.5, 0.6) is 0 Å². The second kappa shape index (κ2) is 7.88. The van der Waals surface area contributed by atoms with Gasteiger partial charge in [0, 0.05) is 41.3 Å². The Balaban J connectivity index is 2.00. The molecule has 26 heavy (non-hydrogen) atoms. The van der Waals surface area contributed by atoms with Gasteiger partial charge in [-0.1, -0.05) is 6.07 Å². The summed E-state index contributed by atoms with van der Waals surface area (Å²) in [5.74, 6) is 0.591. The van der Waals surface area contributed by atoms with Crippen LogP contribution in [0.25, 0.3) is 11.3 Å². The molecule has 1 aromatic carbocycles. The lowest BCUT2D eigenvalue weighted by Gasteiger charge is -2.15. The number of aliphatic hydroxyl groups is 1. The molecule has 0 bridgehead atoms. The van der Waals surface area contributed by atoms with Crippen LogP contribution in [-0.2, 0) is 0 Å². The summed E-state index contributed by atoms with van der Waals surface area (Å²) in [5.41, 5.74) is 2.63. The Labute approximate surface area is 151 Å². The van der Waals surface area contributed by atoms with E-state index in [1.807, 2.05) is 19.1 Å². The maximum atomic E-state index is 13.8. The molecule has 6 nitrogen and oxygen atoms in total. The zero-order valence-electron chi connectivity index (χ0n) is 14.6. The Bertz CT molecular complexity index is 888. The monoisotopic (exact) mass is 353 g/mol. The lowest BCUT2D eigenvalue weighted by Crippen LogP contribution is -2.21. The van der Waals surface area contributed by atoms with Gasteiger partial charge < -0.3 is 15.7 Å². The molecule has 0 fully saturated rings. The zero-order valence-corrected chi connectivity index (χ0v) is 14.6. The standard InChI is InChI=1S/C19H20FN5O/c1-12(11-26)22-19-24-17(14-5-4-8-21-10-14)9-18(25-19)23-16-7-3-6-15(20)13(16)2/h3-10,12,26H,11H2,1-2H3,(H2,22,23,24,25)/t12-/m0/s1. The second-order valence-corrected chi connectivity index (χ2v) is 5.97. The largest absolute Gasteiger partial charge is 0.394 e. The topological polar surface area (TPSA) is 83.0 Å². The molecule has 0 aliphatic rings. The highest BCUT2D eigenvalue weighted by Gasteiger charge is 2.11. The highest BCUT2D eigenvalue weighted by molar-refractivity contribution is 5.68. The third-order valence-corrected chi connectivity index (χ3v) is 3.86. The summed E-state index contributed by atoms with van der Waals surface area (Å²) in [6.07, 6.45) is 3.39. The molecule has 0 aliphatic heterocycles. The summed E-state index contributed by atoms with van der Waals surface area (Å²) in [5, 5.41) is 15.5. The predicted octanol–water partition coefficient (Wildman–Crippen LogP) is 3.52. The second-order valence-electron chi connectivity index (χ2n) is 5.97. The lowest BCUT2D eigenvalue weighted by molar-refractivity contribution is 0.281. The van der Waals surface area contributed by atoms with Crippen LogP contribution >= 0.6 is 0 Å². The van der Waals surface area contributed by atoms with Crippen LogP contribution in [0.15, 0.2) is 48.8 Å². The Kier molecular flexibility index (Phi) is 5.38. The molecule has 0 amide bonds. The van der Waals surface area contributed by atoms with Crippen LogP contribution in [0.1, 0.15) is 12.5 Å². The normalized spacial score (nSPS) is 11.8. The molecule has 3 aromatic rings. The van der Waals surface area contributed by atoms with E-state index in [4.69, 9.17) is 0 Å². The number of nitrogens with zero attached hydrogens (tertiary/aromatic N) is 3. The molecule has 3 N–H and O–H groups in total. The number of hydrogen-bond donors (Lipinski definition) is 3. The fraction of sp³-hybridized carbons (Fsp3) is 0.211. The van der Waals surface area contributed by atoms with Gasteiger partial charge in [-0.2, -0.15) is 4.98 Å². The van der Waals surface area contributed by atoms with E-state index in [9.17, 15) is 9.50 Å². The van der Waals surface area contributed by atoms with Gasteiger partial charge in [-0.15, -0.1) is 0 Å². The minimum Gasteiger partial charge on any atom is -0.394 e. The van der Waals surface area contributed by atoms with Crippen molar-refractivity contribution >= 4 is 17.5 Å². The zero-order chi connectivity index (χ0) is 18.5. The van der Waals surface area contributed by atoms with E-state index < -0.39 is 0 Å². The molecule has 0 unspecified atom stereocenters. The summed E-state index contributed by atoms with van der Waals surface area (Å²) in [6.45, 7) is 3.48. The lowest BCUT2D eigenvalue weighted by atomic mass is 10.2. The Hall–Kier alpha value is -3.06. The Morgan fingerprint density at radius 3 is 2.77 bits per heavy atom. The highest BCUT2D eigenvalue weighted by Crippen LogP contribution is 2.25. The molecule has 0 radical (unpaired) electrons. The first-order valence-electron chi connectivity index (χ1n) is 8.26. The van der Waals surface area contributed by atoms with Crippen molar-refractivity contribution in [3.63, 3.8) is 0 Å². The van der Waals surface area contributed by atoms with Crippen molar-refractivity contribution in [2.45, 2.75) is 19.9 Å². The number of hydrogen-bond acceptors (Lipinski definition) is 6. The molecule has 1 atom stereocenters. The van der Waals surface area contributed by atoms with Crippen LogP contribution in [-0.4, -0.2) is 32.7 Å². The van der Waals surface area contributed by atoms with E-state index in [0.29, 0.717) is 28.7 Å². The third-order valence-electron chi connectivity index (χ3n) is 3.86. The van der Waals surface area contributed by atoms with Crippen molar-refractivity contribution < 1.29 is 9.50 Å². The number of pyridine rings is 1. The van der Waals surface area contributed by atoms with E-state index in [0.717, 1.165) is 5.56 Å². The first-order chi connectivity index (χ1) is 12.6. The number of aromatic nitrogens is 3. The third kappa shape index (κ3) is 4.12. The van der Waals surface area contributed by atoms with E-state index >= 15 is 0 Å². The van der Waals surface area contributed by atoms with Gasteiger partial charge in [0.1, 0.15) is 11.6 Å². The molecule has 0 saturated carbocycles. The van der Waals surface area contributed by atoms with Crippen molar-refractivity contribution in [1.29, 1.82) is 0 Å². The van der Waals surface area contributed by atoms with Gasteiger partial charge in [0.05, 0.1) is 12.3 Å². The molecule has 134 valence electrons. The average molecular weight is 353 g/mol. The Morgan fingerprint density at radius 1 is 1.19 bits per heavy atom. The van der Waals surface area contributed by atoms with Gasteiger partial charge in [-0.05, 0) is 38.1 Å². The number of rotatable bonds is 6. The van der Waals surface area contributed by atoms with Crippen molar-refractivity contribution in [2.75, 3.05) is 17.2 Å². The van der Waals surface area contributed by atoms with Crippen LogP contribution in [0.2, 0.25) is 0 Å². The smallest absolute Gasteiger partial charge is 0.225 e. The van der Waals surface area contributed by atoms with E-state index in [1.54, 1.807) is 37.5 Å². The fourth-order valence-corrected chi connectivity index (χ4v) is 2.38. The Morgan fingerprint density at radius 2 is 2.04 bits per heavy atom. The highest BCUT2D eigenvalue weighted by atomic mass is 19.1. The van der Waals surface area contributed by atoms with E-state index in [1.165, 1.54) is 6.07 Å². The molecule has 0 saturated heterocycles. The molecular weight excluding hydrogens is 333 g/mol. The summed E-state index contributed by atoms with van der Waals surface area (Å²) < 4.78 is 13.8. The van der Waals surface area contributed by atoms with Crippen molar-refractivity contribution in [3.8, 4) is 11.3 Å². The number of anilines is 3. The van der Waals surface area contributed by atoms with Gasteiger partial charge in [0.15, 0.2) is 0 Å². The van der Waals surface area contributed by atoms with Gasteiger partial charge in [0.2, 0.25) is 5.95 Å². The maximum Gasteiger partial charge on any atom is 0.225 e. The molecule has 3 rings (SSSR count). The predicted molar refractivity (Wildman–Crippen MR) is 99.9 cm³/mol. The molecule has 2 heterocycles. The van der Waals surface area contributed by atoms with Crippen molar-refractivity contribution in [1.82, 2.24) is 15.0 Å². The molecule has 0 spiro atoms. The quantitative estimate of drug-likeness (QED) is 0.629. The molecule has 0 aliphatic carbocycles. The van der Waals surface area contributed by atoms with Gasteiger partial charge in [-0.3, -0.25) is 4.98 Å². The van der Waals surface area contributed by atoms with E-state index in [-0.39, 0.29) is 18.5 Å². The van der Waals surface area contributed by atoms with Crippen LogP contribution in [0, 0.1) is 12.7 Å². The van der Waals surface area contributed by atoms with Crippen molar-refractivity contribution in [2.24, 2.45) is 0 Å². The van der Waals surface area contributed by atoms with Gasteiger partial charge >= 0.3 is 0 Å². The number of aliphatic hydroxyl groups excluding tert-OH is 1. The maximum absolute atomic E-state index is 13.8. The minimum atomic E-state index is -0.288. The summed E-state index contributed by atoms with van der Waals surface area (Å²) >= 11 is 0. The van der Waals surface area contributed by atoms with E-state index in [2.05, 4.69) is 25.6 Å². The number of halogens is 1.